The molecule has 0 aliphatic rings. The standard InChI is InChI=1S/C15H17N3O2/c1-20-14-8-2-11(3-9-14)10-17-12-4-6-13(7-5-12)18-15(16)19/h2-9,17H,10H2,1H3,(H3,16,18,19). The van der Waals surface area contributed by atoms with Crippen LogP contribution < -0.4 is 21.1 Å². The summed E-state index contributed by atoms with van der Waals surface area (Å²) in [5.74, 6) is 0.843. The fourth-order valence-corrected chi connectivity index (χ4v) is 1.76. The van der Waals surface area contributed by atoms with Crippen molar-refractivity contribution >= 4 is 17.4 Å². The molecular formula is C15H17N3O2. The van der Waals surface area contributed by atoms with Crippen molar-refractivity contribution in [2.75, 3.05) is 17.7 Å². The van der Waals surface area contributed by atoms with Crippen molar-refractivity contribution in [1.29, 1.82) is 0 Å². The van der Waals surface area contributed by atoms with Gasteiger partial charge in [0, 0.05) is 17.9 Å². The number of benzene rings is 2. The Balaban J connectivity index is 1.91. The molecule has 0 fully saturated rings. The van der Waals surface area contributed by atoms with Gasteiger partial charge in [-0.15, -0.1) is 0 Å². The second-order valence-corrected chi connectivity index (χ2v) is 4.27. The van der Waals surface area contributed by atoms with E-state index in [1.165, 1.54) is 0 Å². The van der Waals surface area contributed by atoms with Crippen LogP contribution in [0.25, 0.3) is 0 Å². The summed E-state index contributed by atoms with van der Waals surface area (Å²) in [7, 11) is 1.65. The van der Waals surface area contributed by atoms with Crippen molar-refractivity contribution in [3.63, 3.8) is 0 Å². The van der Waals surface area contributed by atoms with Gasteiger partial charge >= 0.3 is 6.03 Å². The summed E-state index contributed by atoms with van der Waals surface area (Å²) >= 11 is 0. The third kappa shape index (κ3) is 3.91. The van der Waals surface area contributed by atoms with Crippen molar-refractivity contribution in [2.45, 2.75) is 6.54 Å². The number of rotatable bonds is 5. The lowest BCUT2D eigenvalue weighted by Crippen LogP contribution is -2.19. The first-order valence-corrected chi connectivity index (χ1v) is 6.21. The van der Waals surface area contributed by atoms with E-state index in [-0.39, 0.29) is 0 Å². The Morgan fingerprint density at radius 1 is 1.05 bits per heavy atom. The predicted molar refractivity (Wildman–Crippen MR) is 80.0 cm³/mol. The highest BCUT2D eigenvalue weighted by Gasteiger charge is 1.98. The molecule has 0 unspecified atom stereocenters. The van der Waals surface area contributed by atoms with Crippen LogP contribution in [0.5, 0.6) is 5.75 Å². The van der Waals surface area contributed by atoms with Gasteiger partial charge in [0.05, 0.1) is 7.11 Å². The van der Waals surface area contributed by atoms with Crippen molar-refractivity contribution in [2.24, 2.45) is 5.73 Å². The first-order valence-electron chi connectivity index (χ1n) is 6.21. The highest BCUT2D eigenvalue weighted by atomic mass is 16.5. The average molecular weight is 271 g/mol. The summed E-state index contributed by atoms with van der Waals surface area (Å²) in [4.78, 5) is 10.7. The molecule has 0 saturated heterocycles. The zero-order chi connectivity index (χ0) is 14.4. The number of amides is 2. The number of hydrogen-bond acceptors (Lipinski definition) is 3. The molecule has 2 aromatic rings. The van der Waals surface area contributed by atoms with Gasteiger partial charge in [-0.1, -0.05) is 12.1 Å². The maximum absolute atomic E-state index is 10.7. The Kier molecular flexibility index (Phi) is 4.44. The Bertz CT molecular complexity index is 565. The first kappa shape index (κ1) is 13.7. The smallest absolute Gasteiger partial charge is 0.316 e. The number of primary amides is 1. The van der Waals surface area contributed by atoms with Crippen LogP contribution in [0.1, 0.15) is 5.56 Å². The number of carbonyl (C=O) groups is 1. The zero-order valence-electron chi connectivity index (χ0n) is 11.2. The molecular weight excluding hydrogens is 254 g/mol. The molecule has 5 nitrogen and oxygen atoms in total. The van der Waals surface area contributed by atoms with Crippen LogP contribution >= 0.6 is 0 Å². The maximum Gasteiger partial charge on any atom is 0.316 e. The Morgan fingerprint density at radius 3 is 2.20 bits per heavy atom. The van der Waals surface area contributed by atoms with Gasteiger partial charge in [-0.3, -0.25) is 0 Å². The van der Waals surface area contributed by atoms with E-state index in [1.807, 2.05) is 36.4 Å². The number of ether oxygens (including phenoxy) is 1. The monoisotopic (exact) mass is 271 g/mol. The van der Waals surface area contributed by atoms with Crippen molar-refractivity contribution in [3.05, 3.63) is 54.1 Å². The summed E-state index contributed by atoms with van der Waals surface area (Å²) in [6.07, 6.45) is 0. The van der Waals surface area contributed by atoms with Crippen LogP contribution in [0, 0.1) is 0 Å². The lowest BCUT2D eigenvalue weighted by Gasteiger charge is -2.08. The summed E-state index contributed by atoms with van der Waals surface area (Å²) < 4.78 is 5.11. The highest BCUT2D eigenvalue weighted by Crippen LogP contribution is 2.16. The van der Waals surface area contributed by atoms with Crippen LogP contribution in [0.4, 0.5) is 16.2 Å². The molecule has 0 saturated carbocycles. The lowest BCUT2D eigenvalue weighted by atomic mass is 10.2. The van der Waals surface area contributed by atoms with Crippen LogP contribution in [-0.2, 0) is 6.54 Å². The maximum atomic E-state index is 10.7. The second kappa shape index (κ2) is 6.47. The second-order valence-electron chi connectivity index (χ2n) is 4.27. The molecule has 0 heterocycles. The number of nitrogens with two attached hydrogens (primary N) is 1. The van der Waals surface area contributed by atoms with Gasteiger partial charge in [-0.2, -0.15) is 0 Å². The molecule has 5 heteroatoms. The molecule has 4 N–H and O–H groups in total. The minimum Gasteiger partial charge on any atom is -0.497 e. The zero-order valence-corrected chi connectivity index (χ0v) is 11.2. The number of methoxy groups -OCH3 is 1. The van der Waals surface area contributed by atoms with Gasteiger partial charge in [0.15, 0.2) is 0 Å². The SMILES string of the molecule is COc1ccc(CNc2ccc(NC(N)=O)cc2)cc1. The molecule has 0 aliphatic heterocycles. The number of carbonyl (C=O) groups excluding carboxylic acids is 1. The molecule has 2 aromatic carbocycles. The first-order chi connectivity index (χ1) is 9.67. The van der Waals surface area contributed by atoms with Gasteiger partial charge in [-0.25, -0.2) is 4.79 Å². The van der Waals surface area contributed by atoms with Gasteiger partial charge in [0.2, 0.25) is 0 Å². The van der Waals surface area contributed by atoms with E-state index in [0.717, 1.165) is 17.0 Å². The molecule has 0 aliphatic carbocycles. The van der Waals surface area contributed by atoms with Crippen molar-refractivity contribution < 1.29 is 9.53 Å². The number of urea groups is 1. The molecule has 0 spiro atoms. The minimum atomic E-state index is -0.566. The lowest BCUT2D eigenvalue weighted by molar-refractivity contribution is 0.259. The molecule has 104 valence electrons. The fraction of sp³-hybridized carbons (Fsp3) is 0.133. The van der Waals surface area contributed by atoms with E-state index >= 15 is 0 Å². The van der Waals surface area contributed by atoms with Gasteiger partial charge in [0.1, 0.15) is 5.75 Å². The predicted octanol–water partition coefficient (Wildman–Crippen LogP) is 2.80. The third-order valence-corrected chi connectivity index (χ3v) is 2.81. The van der Waals surface area contributed by atoms with Crippen molar-refractivity contribution in [3.8, 4) is 5.75 Å². The molecule has 0 atom stereocenters. The van der Waals surface area contributed by atoms with E-state index in [9.17, 15) is 4.79 Å². The Labute approximate surface area is 117 Å². The van der Waals surface area contributed by atoms with E-state index < -0.39 is 6.03 Å². The molecule has 0 radical (unpaired) electrons. The van der Waals surface area contributed by atoms with Gasteiger partial charge < -0.3 is 21.1 Å². The van der Waals surface area contributed by atoms with Crippen LogP contribution in [-0.4, -0.2) is 13.1 Å². The van der Waals surface area contributed by atoms with E-state index in [4.69, 9.17) is 10.5 Å². The molecule has 20 heavy (non-hydrogen) atoms. The molecule has 0 bridgehead atoms. The van der Waals surface area contributed by atoms with Gasteiger partial charge in [0.25, 0.3) is 0 Å². The normalized spacial score (nSPS) is 9.85. The molecule has 2 amide bonds. The topological polar surface area (TPSA) is 76.4 Å². The summed E-state index contributed by atoms with van der Waals surface area (Å²) in [5, 5.41) is 5.81. The van der Waals surface area contributed by atoms with E-state index in [1.54, 1.807) is 19.2 Å². The number of hydrogen-bond donors (Lipinski definition) is 3. The molecule has 0 aromatic heterocycles. The van der Waals surface area contributed by atoms with Gasteiger partial charge in [-0.05, 0) is 42.0 Å². The van der Waals surface area contributed by atoms with E-state index in [0.29, 0.717) is 12.2 Å². The third-order valence-electron chi connectivity index (χ3n) is 2.81. The summed E-state index contributed by atoms with van der Waals surface area (Å²) in [6.45, 7) is 0.715. The van der Waals surface area contributed by atoms with Crippen LogP contribution in [0.2, 0.25) is 0 Å². The fourth-order valence-electron chi connectivity index (χ4n) is 1.76. The average Bonchev–Trinajstić information content (AvgIpc) is 2.46. The quantitative estimate of drug-likeness (QED) is 0.782. The number of anilines is 2. The minimum absolute atomic E-state index is 0.566. The van der Waals surface area contributed by atoms with Crippen LogP contribution in [0.15, 0.2) is 48.5 Å². The number of nitrogens with one attached hydrogen (secondary N) is 2. The summed E-state index contributed by atoms with van der Waals surface area (Å²) in [6, 6.07) is 14.7. The van der Waals surface area contributed by atoms with Crippen molar-refractivity contribution in [1.82, 2.24) is 0 Å². The highest BCUT2D eigenvalue weighted by molar-refractivity contribution is 5.87. The Hall–Kier alpha value is -2.69. The Morgan fingerprint density at radius 2 is 1.65 bits per heavy atom. The largest absolute Gasteiger partial charge is 0.497 e. The molecule has 2 rings (SSSR count). The summed E-state index contributed by atoms with van der Waals surface area (Å²) in [5.41, 5.74) is 7.84. The van der Waals surface area contributed by atoms with Crippen LogP contribution in [0.3, 0.4) is 0 Å². The van der Waals surface area contributed by atoms with E-state index in [2.05, 4.69) is 10.6 Å².